The molecule has 0 aliphatic carbocycles. The van der Waals surface area contributed by atoms with Gasteiger partial charge in [-0.15, -0.1) is 0 Å². The highest BCUT2D eigenvalue weighted by Gasteiger charge is 2.24. The van der Waals surface area contributed by atoms with E-state index in [1.54, 1.807) is 24.7 Å². The van der Waals surface area contributed by atoms with Crippen LogP contribution in [0.1, 0.15) is 32.9 Å². The first-order valence-electron chi connectivity index (χ1n) is 13.7. The maximum absolute atomic E-state index is 12.9. The molecular weight excluding hydrogens is 551 g/mol. The molecule has 1 aliphatic heterocycles. The zero-order valence-electron chi connectivity index (χ0n) is 23.6. The number of rotatable bonds is 10. The Morgan fingerprint density at radius 2 is 1.73 bits per heavy atom. The quantitative estimate of drug-likeness (QED) is 0.265. The van der Waals surface area contributed by atoms with Gasteiger partial charge in [-0.25, -0.2) is 4.79 Å². The molecule has 8 nitrogen and oxygen atoms in total. The van der Waals surface area contributed by atoms with Crippen LogP contribution in [-0.2, 0) is 4.74 Å². The topological polar surface area (TPSA) is 67.2 Å². The zero-order chi connectivity index (χ0) is 28.8. The van der Waals surface area contributed by atoms with Crippen molar-refractivity contribution in [3.63, 3.8) is 0 Å². The largest absolute Gasteiger partial charge is 0.494 e. The third-order valence-corrected chi connectivity index (χ3v) is 7.91. The minimum atomic E-state index is -0.739. The van der Waals surface area contributed by atoms with Crippen LogP contribution in [0, 0.1) is 5.92 Å². The van der Waals surface area contributed by atoms with E-state index in [9.17, 15) is 9.59 Å². The van der Waals surface area contributed by atoms with E-state index in [2.05, 4.69) is 9.80 Å². The number of piperazine rings is 1. The molecule has 0 bridgehead atoms. The smallest absolute Gasteiger partial charge is 0.411 e. The molecule has 40 heavy (non-hydrogen) atoms. The first-order chi connectivity index (χ1) is 19.2. The molecule has 1 fully saturated rings. The van der Waals surface area contributed by atoms with Crippen LogP contribution < -0.4 is 15.2 Å². The number of anilines is 1. The van der Waals surface area contributed by atoms with E-state index in [0.29, 0.717) is 27.9 Å². The fourth-order valence-corrected chi connectivity index (χ4v) is 5.27. The summed E-state index contributed by atoms with van der Waals surface area (Å²) in [5.74, 6) is 0.571. The standard InChI is InChI=1S/C30H38Cl2N4O4/c1-21(2)29(40-30(38)33(3)4)36-26-20-23(12-10-22(26)11-13-27(36)37)39-19-6-5-14-34-15-17-35(18-16-34)25-9-7-8-24(31)28(25)32/h7-13,20-21,29H,5-6,14-19H2,1-4H3. The summed E-state index contributed by atoms with van der Waals surface area (Å²) in [6.07, 6.45) is 0.697. The monoisotopic (exact) mass is 588 g/mol. The van der Waals surface area contributed by atoms with Crippen molar-refractivity contribution in [2.45, 2.75) is 32.9 Å². The highest BCUT2D eigenvalue weighted by atomic mass is 35.5. The van der Waals surface area contributed by atoms with Crippen molar-refractivity contribution < 1.29 is 14.3 Å². The highest BCUT2D eigenvalue weighted by molar-refractivity contribution is 6.43. The number of hydrogen-bond acceptors (Lipinski definition) is 6. The van der Waals surface area contributed by atoms with Gasteiger partial charge in [0.1, 0.15) is 5.75 Å². The fraction of sp³-hybridized carbons (Fsp3) is 0.467. The molecule has 3 aromatic rings. The minimum absolute atomic E-state index is 0.110. The third-order valence-electron chi connectivity index (χ3n) is 7.10. The Labute approximate surface area is 246 Å². The summed E-state index contributed by atoms with van der Waals surface area (Å²) in [5.41, 5.74) is 1.44. The predicted molar refractivity (Wildman–Crippen MR) is 162 cm³/mol. The number of aromatic nitrogens is 1. The van der Waals surface area contributed by atoms with Crippen molar-refractivity contribution in [2.24, 2.45) is 5.92 Å². The summed E-state index contributed by atoms with van der Waals surface area (Å²) in [7, 11) is 3.24. The van der Waals surface area contributed by atoms with Crippen LogP contribution in [0.4, 0.5) is 10.5 Å². The summed E-state index contributed by atoms with van der Waals surface area (Å²) in [5, 5.41) is 2.08. The average Bonchev–Trinajstić information content (AvgIpc) is 2.93. The first-order valence-corrected chi connectivity index (χ1v) is 14.5. The van der Waals surface area contributed by atoms with Gasteiger partial charge in [-0.2, -0.15) is 0 Å². The number of fused-ring (bicyclic) bond motifs is 1. The van der Waals surface area contributed by atoms with Crippen LogP contribution in [0.3, 0.4) is 0 Å². The van der Waals surface area contributed by atoms with Gasteiger partial charge in [-0.3, -0.25) is 14.3 Å². The molecule has 1 aromatic heterocycles. The number of hydrogen-bond donors (Lipinski definition) is 0. The molecule has 0 N–H and O–H groups in total. The number of carbonyl (C=O) groups excluding carboxylic acids is 1. The van der Waals surface area contributed by atoms with E-state index in [1.165, 1.54) is 11.0 Å². The molecule has 0 spiro atoms. The van der Waals surface area contributed by atoms with Crippen molar-refractivity contribution in [3.8, 4) is 5.75 Å². The van der Waals surface area contributed by atoms with Crippen LogP contribution in [0.2, 0.25) is 10.0 Å². The molecule has 1 unspecified atom stereocenters. The second kappa shape index (κ2) is 13.6. The Kier molecular flexibility index (Phi) is 10.2. The van der Waals surface area contributed by atoms with Crippen LogP contribution >= 0.6 is 23.2 Å². The van der Waals surface area contributed by atoms with E-state index >= 15 is 0 Å². The lowest BCUT2D eigenvalue weighted by molar-refractivity contribution is 0.00967. The molecule has 1 amide bonds. The maximum Gasteiger partial charge on any atom is 0.411 e. The van der Waals surface area contributed by atoms with Crippen LogP contribution in [0.5, 0.6) is 5.75 Å². The van der Waals surface area contributed by atoms with Crippen molar-refractivity contribution in [1.82, 2.24) is 14.4 Å². The Morgan fingerprint density at radius 1 is 1.00 bits per heavy atom. The number of benzene rings is 2. The summed E-state index contributed by atoms with van der Waals surface area (Å²) in [6.45, 7) is 9.20. The minimum Gasteiger partial charge on any atom is -0.494 e. The number of halogens is 2. The van der Waals surface area contributed by atoms with Gasteiger partial charge in [-0.05, 0) is 55.1 Å². The van der Waals surface area contributed by atoms with E-state index < -0.39 is 12.3 Å². The molecule has 2 heterocycles. The molecule has 1 saturated heterocycles. The van der Waals surface area contributed by atoms with E-state index in [1.807, 2.05) is 50.2 Å². The summed E-state index contributed by atoms with van der Waals surface area (Å²) in [6, 6.07) is 14.8. The van der Waals surface area contributed by atoms with E-state index in [-0.39, 0.29) is 11.5 Å². The first kappa shape index (κ1) is 30.0. The zero-order valence-corrected chi connectivity index (χ0v) is 25.1. The van der Waals surface area contributed by atoms with Crippen LogP contribution in [0.25, 0.3) is 10.9 Å². The molecule has 10 heteroatoms. The number of amides is 1. The lowest BCUT2D eigenvalue weighted by atomic mass is 10.1. The highest BCUT2D eigenvalue weighted by Crippen LogP contribution is 2.33. The summed E-state index contributed by atoms with van der Waals surface area (Å²) >= 11 is 12.6. The molecule has 1 aliphatic rings. The van der Waals surface area contributed by atoms with Crippen molar-refractivity contribution >= 4 is 45.9 Å². The Hall–Kier alpha value is -2.94. The van der Waals surface area contributed by atoms with Crippen molar-refractivity contribution in [3.05, 3.63) is 68.9 Å². The molecule has 4 rings (SSSR count). The van der Waals surface area contributed by atoms with Crippen LogP contribution in [0.15, 0.2) is 53.3 Å². The van der Waals surface area contributed by atoms with Crippen molar-refractivity contribution in [2.75, 3.05) is 58.3 Å². The molecular formula is C30H38Cl2N4O4. The van der Waals surface area contributed by atoms with Crippen LogP contribution in [-0.4, -0.2) is 73.9 Å². The normalized spacial score (nSPS) is 14.9. The van der Waals surface area contributed by atoms with Crippen molar-refractivity contribution in [1.29, 1.82) is 0 Å². The lowest BCUT2D eigenvalue weighted by Crippen LogP contribution is -2.46. The maximum atomic E-state index is 12.9. The average molecular weight is 590 g/mol. The molecule has 0 saturated carbocycles. The van der Waals surface area contributed by atoms with Gasteiger partial charge in [-0.1, -0.05) is 43.1 Å². The number of nitrogens with zero attached hydrogens (tertiary/aromatic N) is 4. The van der Waals surface area contributed by atoms with Gasteiger partial charge >= 0.3 is 6.09 Å². The molecule has 1 atom stereocenters. The summed E-state index contributed by atoms with van der Waals surface area (Å²) in [4.78, 5) is 31.3. The summed E-state index contributed by atoms with van der Waals surface area (Å²) < 4.78 is 13.3. The number of pyridine rings is 1. The third kappa shape index (κ3) is 7.22. The molecule has 2 aromatic carbocycles. The Bertz CT molecular complexity index is 1370. The van der Waals surface area contributed by atoms with Gasteiger partial charge in [0.2, 0.25) is 0 Å². The Balaban J connectivity index is 1.31. The Morgan fingerprint density at radius 3 is 2.42 bits per heavy atom. The second-order valence-corrected chi connectivity index (χ2v) is 11.4. The van der Waals surface area contributed by atoms with E-state index in [0.717, 1.165) is 56.6 Å². The van der Waals surface area contributed by atoms with Gasteiger partial charge < -0.3 is 19.3 Å². The SMILES string of the molecule is CC(C)C(OC(=O)N(C)C)n1c(=O)ccc2ccc(OCCCCN3CCN(c4cccc(Cl)c4Cl)CC3)cc21. The van der Waals surface area contributed by atoms with Gasteiger partial charge in [0.15, 0.2) is 6.23 Å². The fourth-order valence-electron chi connectivity index (χ4n) is 4.86. The molecule has 0 radical (unpaired) electrons. The lowest BCUT2D eigenvalue weighted by Gasteiger charge is -2.36. The number of carbonyl (C=O) groups is 1. The van der Waals surface area contributed by atoms with E-state index in [4.69, 9.17) is 32.7 Å². The predicted octanol–water partition coefficient (Wildman–Crippen LogP) is 6.14. The second-order valence-electron chi connectivity index (χ2n) is 10.6. The van der Waals surface area contributed by atoms with Gasteiger partial charge in [0, 0.05) is 58.3 Å². The molecule has 216 valence electrons. The number of unbranched alkanes of at least 4 members (excludes halogenated alkanes) is 1. The number of ether oxygens (including phenoxy) is 2. The van der Waals surface area contributed by atoms with Gasteiger partial charge in [0.05, 0.1) is 27.9 Å². The van der Waals surface area contributed by atoms with Gasteiger partial charge in [0.25, 0.3) is 5.56 Å².